The fourth-order valence-electron chi connectivity index (χ4n) is 9.40. The molecule has 1 aliphatic heterocycles. The molecule has 7 heteroatoms. The first-order chi connectivity index (χ1) is 30.8. The summed E-state index contributed by atoms with van der Waals surface area (Å²) in [5.74, 6) is 1.84. The van der Waals surface area contributed by atoms with E-state index in [-0.39, 0.29) is 0 Å². The summed E-state index contributed by atoms with van der Waals surface area (Å²) in [6.07, 6.45) is 7.35. The molecule has 0 radical (unpaired) electrons. The van der Waals surface area contributed by atoms with Gasteiger partial charge in [-0.05, 0) is 87.5 Å². The van der Waals surface area contributed by atoms with Crippen LogP contribution in [0.5, 0.6) is 0 Å². The summed E-state index contributed by atoms with van der Waals surface area (Å²) >= 11 is 1.84. The smallest absolute Gasteiger partial charge is 0.164 e. The van der Waals surface area contributed by atoms with Crippen molar-refractivity contribution in [3.05, 3.63) is 229 Å². The van der Waals surface area contributed by atoms with E-state index in [1.54, 1.807) is 12.4 Å². The van der Waals surface area contributed by atoms with Crippen molar-refractivity contribution < 1.29 is 0 Å². The minimum absolute atomic E-state index is 0.608. The van der Waals surface area contributed by atoms with Gasteiger partial charge in [0.25, 0.3) is 0 Å². The minimum atomic E-state index is -0.649. The lowest BCUT2D eigenvalue weighted by molar-refractivity contribution is 0.722. The van der Waals surface area contributed by atoms with Gasteiger partial charge in [-0.25, -0.2) is 19.9 Å². The second-order valence-electron chi connectivity index (χ2n) is 15.4. The van der Waals surface area contributed by atoms with E-state index in [1.165, 1.54) is 32.0 Å². The Kier molecular flexibility index (Phi) is 8.54. The molecule has 0 bridgehead atoms. The van der Waals surface area contributed by atoms with E-state index in [0.717, 1.165) is 61.5 Å². The van der Waals surface area contributed by atoms with Gasteiger partial charge >= 0.3 is 0 Å². The van der Waals surface area contributed by atoms with E-state index in [2.05, 4.69) is 137 Å². The zero-order chi connectivity index (χ0) is 41.0. The average molecular weight is 811 g/mol. The Morgan fingerprint density at radius 1 is 0.339 bits per heavy atom. The van der Waals surface area contributed by atoms with Gasteiger partial charge in [0.1, 0.15) is 0 Å². The number of pyridine rings is 3. The van der Waals surface area contributed by atoms with Crippen molar-refractivity contribution in [3.63, 3.8) is 0 Å². The van der Waals surface area contributed by atoms with Crippen LogP contribution in [-0.2, 0) is 5.41 Å². The zero-order valence-electron chi connectivity index (χ0n) is 33.2. The van der Waals surface area contributed by atoms with Crippen molar-refractivity contribution in [1.29, 1.82) is 0 Å². The molecule has 290 valence electrons. The minimum Gasteiger partial charge on any atom is -0.264 e. The molecule has 0 atom stereocenters. The lowest BCUT2D eigenvalue weighted by Gasteiger charge is -2.39. The van der Waals surface area contributed by atoms with Crippen LogP contribution in [0.25, 0.3) is 78.9 Å². The Morgan fingerprint density at radius 2 is 0.839 bits per heavy atom. The fraction of sp³-hybridized carbons (Fsp3) is 0.0182. The third-order valence-electron chi connectivity index (χ3n) is 12.0. The van der Waals surface area contributed by atoms with E-state index in [0.29, 0.717) is 17.5 Å². The van der Waals surface area contributed by atoms with Gasteiger partial charge in [0.05, 0.1) is 16.8 Å². The van der Waals surface area contributed by atoms with Crippen molar-refractivity contribution in [2.24, 2.45) is 0 Å². The maximum absolute atomic E-state index is 5.40. The van der Waals surface area contributed by atoms with Crippen molar-refractivity contribution in [3.8, 4) is 78.9 Å². The van der Waals surface area contributed by atoms with Crippen LogP contribution in [0.2, 0.25) is 0 Å². The number of benzene rings is 6. The summed E-state index contributed by atoms with van der Waals surface area (Å²) in [6, 6.07) is 64.0. The number of hydrogen-bond acceptors (Lipinski definition) is 7. The highest BCUT2D eigenvalue weighted by molar-refractivity contribution is 7.99. The SMILES string of the molecule is c1ccc(-c2nc(-c3ccccc3)nc(-c3cccc4c3-c3c(-c5ccc(-c6cccnc6)nc5-c5cccnc5)cccc3C43c4ccccc4Sc4ccccc43)n2)cc1. The van der Waals surface area contributed by atoms with Gasteiger partial charge in [0.2, 0.25) is 0 Å². The van der Waals surface area contributed by atoms with Crippen molar-refractivity contribution in [1.82, 2.24) is 29.9 Å². The molecule has 10 aromatic rings. The summed E-state index contributed by atoms with van der Waals surface area (Å²) in [4.78, 5) is 32.6. The second-order valence-corrected chi connectivity index (χ2v) is 16.5. The van der Waals surface area contributed by atoms with Crippen molar-refractivity contribution in [2.75, 3.05) is 0 Å². The Morgan fingerprint density at radius 3 is 1.44 bits per heavy atom. The number of fused-ring (bicyclic) bond motifs is 9. The molecule has 5 heterocycles. The standard InChI is InChI=1S/C55H34N6S/c1-3-15-35(16-4-1)52-59-53(36-17-5-2-6-18-36)61-54(60-52)41-22-12-26-45-50(41)49-39(40-29-30-46(37-19-13-31-56-33-37)58-51(40)38-20-14-32-57-34-38)21-11-25-44(49)55(45)42-23-7-9-27-47(42)62-48-28-10-8-24-43(48)55/h1-34H. The number of rotatable bonds is 6. The van der Waals surface area contributed by atoms with E-state index < -0.39 is 5.41 Å². The van der Waals surface area contributed by atoms with Crippen molar-refractivity contribution in [2.45, 2.75) is 15.2 Å². The monoisotopic (exact) mass is 810 g/mol. The van der Waals surface area contributed by atoms with Gasteiger partial charge < -0.3 is 0 Å². The van der Waals surface area contributed by atoms with E-state index in [4.69, 9.17) is 19.9 Å². The summed E-state index contributed by atoms with van der Waals surface area (Å²) in [7, 11) is 0. The molecule has 2 aliphatic rings. The topological polar surface area (TPSA) is 77.3 Å². The zero-order valence-corrected chi connectivity index (χ0v) is 34.0. The van der Waals surface area contributed by atoms with Crippen LogP contribution >= 0.6 is 11.8 Å². The molecular weight excluding hydrogens is 777 g/mol. The molecule has 12 rings (SSSR count). The van der Waals surface area contributed by atoms with Crippen LogP contribution in [0.3, 0.4) is 0 Å². The largest absolute Gasteiger partial charge is 0.264 e. The predicted octanol–water partition coefficient (Wildman–Crippen LogP) is 12.9. The Bertz CT molecular complexity index is 3220. The maximum atomic E-state index is 5.40. The second kappa shape index (κ2) is 14.7. The van der Waals surface area contributed by atoms with E-state index >= 15 is 0 Å². The first-order valence-electron chi connectivity index (χ1n) is 20.6. The summed E-state index contributed by atoms with van der Waals surface area (Å²) in [5, 5.41) is 0. The predicted molar refractivity (Wildman–Crippen MR) is 247 cm³/mol. The van der Waals surface area contributed by atoms with Crippen LogP contribution in [-0.4, -0.2) is 29.9 Å². The van der Waals surface area contributed by atoms with Crippen LogP contribution in [0.15, 0.2) is 217 Å². The lowest BCUT2D eigenvalue weighted by Crippen LogP contribution is -2.31. The molecule has 0 amide bonds. The average Bonchev–Trinajstić information content (AvgIpc) is 3.66. The molecular formula is C55H34N6S. The van der Waals surface area contributed by atoms with Crippen LogP contribution in [0.1, 0.15) is 22.3 Å². The number of aromatic nitrogens is 6. The number of hydrogen-bond donors (Lipinski definition) is 0. The van der Waals surface area contributed by atoms with Crippen molar-refractivity contribution >= 4 is 11.8 Å². The van der Waals surface area contributed by atoms with Gasteiger partial charge in [0, 0.05) is 68.0 Å². The molecule has 1 spiro atoms. The highest BCUT2D eigenvalue weighted by Crippen LogP contribution is 2.65. The Hall–Kier alpha value is -7.87. The third kappa shape index (κ3) is 5.66. The van der Waals surface area contributed by atoms with E-state index in [9.17, 15) is 0 Å². The molecule has 0 fully saturated rings. The van der Waals surface area contributed by atoms with Gasteiger partial charge in [-0.1, -0.05) is 145 Å². The summed E-state index contributed by atoms with van der Waals surface area (Å²) in [5.41, 5.74) is 14.8. The Labute approximate surface area is 363 Å². The Balaban J connectivity index is 1.21. The van der Waals surface area contributed by atoms with E-state index in [1.807, 2.05) is 78.8 Å². The molecule has 6 aromatic carbocycles. The number of nitrogens with zero attached hydrogens (tertiary/aromatic N) is 6. The molecule has 0 unspecified atom stereocenters. The van der Waals surface area contributed by atoms with Crippen LogP contribution in [0.4, 0.5) is 0 Å². The van der Waals surface area contributed by atoms with Gasteiger partial charge in [-0.15, -0.1) is 0 Å². The molecule has 4 aromatic heterocycles. The fourth-order valence-corrected chi connectivity index (χ4v) is 10.6. The molecule has 62 heavy (non-hydrogen) atoms. The molecule has 0 saturated heterocycles. The lowest BCUT2D eigenvalue weighted by atomic mass is 9.67. The highest BCUT2D eigenvalue weighted by atomic mass is 32.2. The first-order valence-corrected chi connectivity index (χ1v) is 21.4. The molecule has 1 aliphatic carbocycles. The molecule has 6 nitrogen and oxygen atoms in total. The maximum Gasteiger partial charge on any atom is 0.164 e. The quantitative estimate of drug-likeness (QED) is 0.165. The third-order valence-corrected chi connectivity index (χ3v) is 13.2. The highest BCUT2D eigenvalue weighted by Gasteiger charge is 2.51. The van der Waals surface area contributed by atoms with Gasteiger partial charge in [-0.2, -0.15) is 0 Å². The normalized spacial score (nSPS) is 12.9. The molecule has 0 N–H and O–H groups in total. The van der Waals surface area contributed by atoms with Gasteiger partial charge in [0.15, 0.2) is 17.5 Å². The van der Waals surface area contributed by atoms with Crippen LogP contribution in [0, 0.1) is 0 Å². The molecule has 0 saturated carbocycles. The summed E-state index contributed by atoms with van der Waals surface area (Å²) < 4.78 is 0. The van der Waals surface area contributed by atoms with Crippen LogP contribution < -0.4 is 0 Å². The van der Waals surface area contributed by atoms with Gasteiger partial charge in [-0.3, -0.25) is 9.97 Å². The summed E-state index contributed by atoms with van der Waals surface area (Å²) in [6.45, 7) is 0. The first kappa shape index (κ1) is 36.0.